The molecule has 2 amide bonds. The number of aliphatic hydroxyl groups is 1. The SMILES string of the molecule is CN1C(=O)COc2ccc(C(=O)N(CCO)C3CCS(=O)(=O)C3)cc21. The van der Waals surface area contributed by atoms with Gasteiger partial charge in [0.25, 0.3) is 11.8 Å². The van der Waals surface area contributed by atoms with Crippen LogP contribution in [-0.4, -0.2) is 74.6 Å². The third-order valence-electron chi connectivity index (χ3n) is 4.54. The standard InChI is InChI=1S/C16H20N2O6S/c1-17-13-8-11(2-3-14(13)24-9-15(17)20)16(21)18(5-6-19)12-4-7-25(22,23)10-12/h2-3,8,12,19H,4-7,9-10H2,1H3. The van der Waals surface area contributed by atoms with Gasteiger partial charge in [-0.1, -0.05) is 0 Å². The lowest BCUT2D eigenvalue weighted by Gasteiger charge is -2.29. The second kappa shape index (κ2) is 6.64. The third kappa shape index (κ3) is 3.47. The lowest BCUT2D eigenvalue weighted by molar-refractivity contribution is -0.120. The van der Waals surface area contributed by atoms with Crippen LogP contribution in [0.15, 0.2) is 18.2 Å². The van der Waals surface area contributed by atoms with Crippen molar-refractivity contribution < 1.29 is 27.9 Å². The zero-order valence-electron chi connectivity index (χ0n) is 13.8. The molecule has 0 saturated carbocycles. The molecule has 0 aromatic heterocycles. The summed E-state index contributed by atoms with van der Waals surface area (Å²) in [7, 11) is -1.55. The average Bonchev–Trinajstić information content (AvgIpc) is 2.95. The van der Waals surface area contributed by atoms with Gasteiger partial charge in [-0.15, -0.1) is 0 Å². The molecule has 1 atom stereocenters. The minimum Gasteiger partial charge on any atom is -0.482 e. The van der Waals surface area contributed by atoms with Gasteiger partial charge in [0, 0.05) is 25.2 Å². The summed E-state index contributed by atoms with van der Waals surface area (Å²) >= 11 is 0. The molecule has 25 heavy (non-hydrogen) atoms. The van der Waals surface area contributed by atoms with Gasteiger partial charge in [0.15, 0.2) is 16.4 Å². The lowest BCUT2D eigenvalue weighted by Crippen LogP contribution is -2.43. The molecule has 2 aliphatic heterocycles. The molecule has 3 rings (SSSR count). The van der Waals surface area contributed by atoms with E-state index < -0.39 is 15.9 Å². The molecule has 8 nitrogen and oxygen atoms in total. The number of fused-ring (bicyclic) bond motifs is 1. The fourth-order valence-corrected chi connectivity index (χ4v) is 4.88. The summed E-state index contributed by atoms with van der Waals surface area (Å²) in [5, 5.41) is 9.28. The largest absolute Gasteiger partial charge is 0.482 e. The van der Waals surface area contributed by atoms with Gasteiger partial charge < -0.3 is 19.6 Å². The first-order valence-corrected chi connectivity index (χ1v) is 9.80. The average molecular weight is 368 g/mol. The Morgan fingerprint density at radius 1 is 1.44 bits per heavy atom. The highest BCUT2D eigenvalue weighted by Gasteiger charge is 2.35. The van der Waals surface area contributed by atoms with Crippen LogP contribution in [0.3, 0.4) is 0 Å². The van der Waals surface area contributed by atoms with Crippen molar-refractivity contribution in [3.05, 3.63) is 23.8 Å². The molecule has 1 fully saturated rings. The van der Waals surface area contributed by atoms with E-state index in [4.69, 9.17) is 4.74 Å². The molecule has 1 N–H and O–H groups in total. The second-order valence-corrected chi connectivity index (χ2v) is 8.43. The molecule has 2 aliphatic rings. The zero-order chi connectivity index (χ0) is 18.2. The van der Waals surface area contributed by atoms with Crippen molar-refractivity contribution in [2.45, 2.75) is 12.5 Å². The molecular weight excluding hydrogens is 348 g/mol. The van der Waals surface area contributed by atoms with Crippen LogP contribution in [0.1, 0.15) is 16.8 Å². The number of benzene rings is 1. The fraction of sp³-hybridized carbons (Fsp3) is 0.500. The van der Waals surface area contributed by atoms with E-state index in [1.54, 1.807) is 25.2 Å². The van der Waals surface area contributed by atoms with E-state index in [0.717, 1.165) is 0 Å². The monoisotopic (exact) mass is 368 g/mol. The molecular formula is C16H20N2O6S. The van der Waals surface area contributed by atoms with Crippen LogP contribution in [0.2, 0.25) is 0 Å². The maximum absolute atomic E-state index is 12.9. The van der Waals surface area contributed by atoms with Gasteiger partial charge >= 0.3 is 0 Å². The number of anilines is 1. The zero-order valence-corrected chi connectivity index (χ0v) is 14.7. The summed E-state index contributed by atoms with van der Waals surface area (Å²) in [5.74, 6) is -0.125. The van der Waals surface area contributed by atoms with Crippen molar-refractivity contribution in [2.24, 2.45) is 0 Å². The van der Waals surface area contributed by atoms with Gasteiger partial charge in [0.2, 0.25) is 0 Å². The first-order chi connectivity index (χ1) is 11.8. The van der Waals surface area contributed by atoms with Crippen molar-refractivity contribution in [3.63, 3.8) is 0 Å². The van der Waals surface area contributed by atoms with Crippen LogP contribution in [0.5, 0.6) is 5.75 Å². The summed E-state index contributed by atoms with van der Waals surface area (Å²) < 4.78 is 28.8. The number of hydrogen-bond donors (Lipinski definition) is 1. The lowest BCUT2D eigenvalue weighted by atomic mass is 10.1. The van der Waals surface area contributed by atoms with E-state index in [0.29, 0.717) is 23.4 Å². The van der Waals surface area contributed by atoms with E-state index in [1.165, 1.54) is 9.80 Å². The third-order valence-corrected chi connectivity index (χ3v) is 6.29. The molecule has 9 heteroatoms. The highest BCUT2D eigenvalue weighted by Crippen LogP contribution is 2.32. The molecule has 0 aliphatic carbocycles. The predicted octanol–water partition coefficient (Wildman–Crippen LogP) is -0.337. The number of sulfone groups is 1. The number of rotatable bonds is 4. The number of carbonyl (C=O) groups excluding carboxylic acids is 2. The number of carbonyl (C=O) groups is 2. The topological polar surface area (TPSA) is 104 Å². The molecule has 136 valence electrons. The number of amides is 2. The Morgan fingerprint density at radius 3 is 2.84 bits per heavy atom. The Bertz CT molecular complexity index is 807. The highest BCUT2D eigenvalue weighted by atomic mass is 32.2. The molecule has 2 heterocycles. The maximum Gasteiger partial charge on any atom is 0.264 e. The summed E-state index contributed by atoms with van der Waals surface area (Å²) in [6, 6.07) is 4.31. The Hall–Kier alpha value is -2.13. The summed E-state index contributed by atoms with van der Waals surface area (Å²) in [5.41, 5.74) is 0.812. The van der Waals surface area contributed by atoms with Crippen molar-refractivity contribution in [2.75, 3.05) is 43.2 Å². The van der Waals surface area contributed by atoms with Gasteiger partial charge in [0.05, 0.1) is 23.8 Å². The Labute approximate surface area is 145 Å². The Balaban J connectivity index is 1.89. The van der Waals surface area contributed by atoms with Gasteiger partial charge in [-0.3, -0.25) is 9.59 Å². The van der Waals surface area contributed by atoms with E-state index in [-0.39, 0.29) is 43.1 Å². The van der Waals surface area contributed by atoms with Gasteiger partial charge in [-0.05, 0) is 24.6 Å². The predicted molar refractivity (Wildman–Crippen MR) is 90.5 cm³/mol. The first-order valence-electron chi connectivity index (χ1n) is 7.98. The number of aliphatic hydroxyl groups excluding tert-OH is 1. The van der Waals surface area contributed by atoms with Crippen LogP contribution in [0.25, 0.3) is 0 Å². The Morgan fingerprint density at radius 2 is 2.20 bits per heavy atom. The minimum atomic E-state index is -3.15. The molecule has 1 aromatic carbocycles. The van der Waals surface area contributed by atoms with E-state index in [1.807, 2.05) is 0 Å². The first kappa shape index (κ1) is 17.7. The highest BCUT2D eigenvalue weighted by molar-refractivity contribution is 7.91. The van der Waals surface area contributed by atoms with Crippen molar-refractivity contribution in [3.8, 4) is 5.75 Å². The van der Waals surface area contributed by atoms with Crippen molar-refractivity contribution in [1.82, 2.24) is 4.90 Å². The Kier molecular flexibility index (Phi) is 4.70. The maximum atomic E-state index is 12.9. The van der Waals surface area contributed by atoms with E-state index in [9.17, 15) is 23.1 Å². The van der Waals surface area contributed by atoms with Crippen LogP contribution >= 0.6 is 0 Å². The van der Waals surface area contributed by atoms with Crippen molar-refractivity contribution >= 4 is 27.3 Å². The summed E-state index contributed by atoms with van der Waals surface area (Å²) in [6.07, 6.45) is 0.362. The van der Waals surface area contributed by atoms with Crippen LogP contribution < -0.4 is 9.64 Å². The molecule has 1 unspecified atom stereocenters. The van der Waals surface area contributed by atoms with Crippen LogP contribution in [0.4, 0.5) is 5.69 Å². The normalized spacial score (nSPS) is 21.6. The number of ether oxygens (including phenoxy) is 1. The van der Waals surface area contributed by atoms with Crippen LogP contribution in [-0.2, 0) is 14.6 Å². The van der Waals surface area contributed by atoms with Crippen LogP contribution in [0, 0.1) is 0 Å². The minimum absolute atomic E-state index is 0.0438. The van der Waals surface area contributed by atoms with Crippen molar-refractivity contribution in [1.29, 1.82) is 0 Å². The summed E-state index contributed by atoms with van der Waals surface area (Å²) in [4.78, 5) is 27.5. The number of likely N-dealkylation sites (N-methyl/N-ethyl adjacent to an activating group) is 1. The van der Waals surface area contributed by atoms with Gasteiger partial charge in [0.1, 0.15) is 5.75 Å². The molecule has 0 radical (unpaired) electrons. The van der Waals surface area contributed by atoms with Gasteiger partial charge in [-0.25, -0.2) is 8.42 Å². The molecule has 1 saturated heterocycles. The smallest absolute Gasteiger partial charge is 0.264 e. The van der Waals surface area contributed by atoms with E-state index >= 15 is 0 Å². The molecule has 0 bridgehead atoms. The van der Waals surface area contributed by atoms with E-state index in [2.05, 4.69) is 0 Å². The number of hydrogen-bond acceptors (Lipinski definition) is 6. The number of nitrogens with zero attached hydrogens (tertiary/aromatic N) is 2. The fourth-order valence-electron chi connectivity index (χ4n) is 3.15. The molecule has 0 spiro atoms. The second-order valence-electron chi connectivity index (χ2n) is 6.20. The molecule has 1 aromatic rings. The summed E-state index contributed by atoms with van der Waals surface area (Å²) in [6.45, 7) is -0.247. The van der Waals surface area contributed by atoms with Gasteiger partial charge in [-0.2, -0.15) is 0 Å². The quantitative estimate of drug-likeness (QED) is 0.780.